The summed E-state index contributed by atoms with van der Waals surface area (Å²) in [7, 11) is 1.69. The minimum atomic E-state index is 0.160. The molecule has 104 valence electrons. The lowest BCUT2D eigenvalue weighted by Gasteiger charge is -2.12. The van der Waals surface area contributed by atoms with Crippen molar-refractivity contribution in [3.8, 4) is 0 Å². The molecule has 2 aromatic heterocycles. The molecule has 0 spiro atoms. The van der Waals surface area contributed by atoms with Crippen molar-refractivity contribution in [2.75, 3.05) is 20.3 Å². The molecule has 0 aliphatic heterocycles. The standard InChI is InChI=1S/C12H19N5OS/c1-9-4-5-11(19-9)10(2)17-12(14-15-16-17)8-13-6-7-18-3/h4-5,10,13H,6-8H2,1-3H3. The Balaban J connectivity index is 2.02. The van der Waals surface area contributed by atoms with Crippen LogP contribution in [0.5, 0.6) is 0 Å². The monoisotopic (exact) mass is 281 g/mol. The van der Waals surface area contributed by atoms with Crippen molar-refractivity contribution in [2.45, 2.75) is 26.4 Å². The van der Waals surface area contributed by atoms with Gasteiger partial charge in [0.05, 0.1) is 19.2 Å². The quantitative estimate of drug-likeness (QED) is 0.777. The smallest absolute Gasteiger partial charge is 0.165 e. The third-order valence-electron chi connectivity index (χ3n) is 2.87. The molecule has 2 heterocycles. The number of hydrogen-bond donors (Lipinski definition) is 1. The second-order valence-electron chi connectivity index (χ2n) is 4.33. The predicted octanol–water partition coefficient (Wildman–Crippen LogP) is 1.39. The molecule has 0 aliphatic rings. The molecule has 6 nitrogen and oxygen atoms in total. The van der Waals surface area contributed by atoms with E-state index in [2.05, 4.69) is 46.8 Å². The van der Waals surface area contributed by atoms with Crippen molar-refractivity contribution < 1.29 is 4.74 Å². The molecule has 19 heavy (non-hydrogen) atoms. The highest BCUT2D eigenvalue weighted by Crippen LogP contribution is 2.25. The summed E-state index contributed by atoms with van der Waals surface area (Å²) in [6, 6.07) is 4.42. The fraction of sp³-hybridized carbons (Fsp3) is 0.583. The molecule has 0 saturated carbocycles. The van der Waals surface area contributed by atoms with Crippen molar-refractivity contribution in [2.24, 2.45) is 0 Å². The van der Waals surface area contributed by atoms with E-state index < -0.39 is 0 Å². The summed E-state index contributed by atoms with van der Waals surface area (Å²) in [5, 5.41) is 15.2. The number of rotatable bonds is 7. The largest absolute Gasteiger partial charge is 0.383 e. The average Bonchev–Trinajstić information content (AvgIpc) is 3.03. The van der Waals surface area contributed by atoms with Crippen LogP contribution in [0.15, 0.2) is 12.1 Å². The van der Waals surface area contributed by atoms with Gasteiger partial charge in [-0.3, -0.25) is 0 Å². The molecule has 1 N–H and O–H groups in total. The number of thiophene rings is 1. The molecule has 1 unspecified atom stereocenters. The van der Waals surface area contributed by atoms with Gasteiger partial charge in [0, 0.05) is 23.4 Å². The molecule has 0 fully saturated rings. The minimum Gasteiger partial charge on any atom is -0.383 e. The molecular weight excluding hydrogens is 262 g/mol. The van der Waals surface area contributed by atoms with Gasteiger partial charge in [-0.25, -0.2) is 4.68 Å². The Bertz CT molecular complexity index is 510. The number of aromatic nitrogens is 4. The third kappa shape index (κ3) is 3.59. The number of ether oxygens (including phenoxy) is 1. The van der Waals surface area contributed by atoms with Gasteiger partial charge in [0.15, 0.2) is 5.82 Å². The fourth-order valence-electron chi connectivity index (χ4n) is 1.80. The highest BCUT2D eigenvalue weighted by molar-refractivity contribution is 7.12. The Labute approximate surface area is 116 Å². The van der Waals surface area contributed by atoms with Crippen LogP contribution >= 0.6 is 11.3 Å². The van der Waals surface area contributed by atoms with Crippen LogP contribution in [0.1, 0.15) is 28.5 Å². The first-order valence-electron chi connectivity index (χ1n) is 6.25. The number of aryl methyl sites for hydroxylation is 1. The molecule has 0 bridgehead atoms. The molecule has 7 heteroatoms. The summed E-state index contributed by atoms with van der Waals surface area (Å²) in [5.41, 5.74) is 0. The second kappa shape index (κ2) is 6.74. The van der Waals surface area contributed by atoms with Crippen LogP contribution < -0.4 is 5.32 Å². The van der Waals surface area contributed by atoms with Crippen molar-refractivity contribution in [3.05, 3.63) is 27.7 Å². The topological polar surface area (TPSA) is 64.9 Å². The number of nitrogens with one attached hydrogen (secondary N) is 1. The highest BCUT2D eigenvalue weighted by Gasteiger charge is 2.15. The van der Waals surface area contributed by atoms with Crippen LogP contribution in [0.2, 0.25) is 0 Å². The van der Waals surface area contributed by atoms with Crippen molar-refractivity contribution in [3.63, 3.8) is 0 Å². The van der Waals surface area contributed by atoms with E-state index in [1.54, 1.807) is 18.4 Å². The van der Waals surface area contributed by atoms with Gasteiger partial charge < -0.3 is 10.1 Å². The first-order chi connectivity index (χ1) is 9.22. The van der Waals surface area contributed by atoms with E-state index in [-0.39, 0.29) is 6.04 Å². The Morgan fingerprint density at radius 1 is 1.47 bits per heavy atom. The molecule has 0 amide bonds. The van der Waals surface area contributed by atoms with Crippen LogP contribution in [0, 0.1) is 6.92 Å². The van der Waals surface area contributed by atoms with Crippen molar-refractivity contribution >= 4 is 11.3 Å². The van der Waals surface area contributed by atoms with E-state index in [0.717, 1.165) is 12.4 Å². The highest BCUT2D eigenvalue weighted by atomic mass is 32.1. The Hall–Kier alpha value is -1.31. The van der Waals surface area contributed by atoms with Crippen LogP contribution in [-0.2, 0) is 11.3 Å². The molecule has 1 atom stereocenters. The predicted molar refractivity (Wildman–Crippen MR) is 74.3 cm³/mol. The van der Waals surface area contributed by atoms with E-state index in [4.69, 9.17) is 4.74 Å². The van der Waals surface area contributed by atoms with Gasteiger partial charge in [0.2, 0.25) is 0 Å². The SMILES string of the molecule is COCCNCc1nnnn1C(C)c1ccc(C)s1. The van der Waals surface area contributed by atoms with Crippen LogP contribution in [0.3, 0.4) is 0 Å². The molecule has 2 rings (SSSR count). The van der Waals surface area contributed by atoms with Gasteiger partial charge >= 0.3 is 0 Å². The summed E-state index contributed by atoms with van der Waals surface area (Å²) in [4.78, 5) is 2.57. The molecule has 0 radical (unpaired) electrons. The maximum absolute atomic E-state index is 4.99. The number of methoxy groups -OCH3 is 1. The lowest BCUT2D eigenvalue weighted by atomic mass is 10.3. The van der Waals surface area contributed by atoms with E-state index in [9.17, 15) is 0 Å². The summed E-state index contributed by atoms with van der Waals surface area (Å²) in [5.74, 6) is 0.842. The van der Waals surface area contributed by atoms with Crippen molar-refractivity contribution in [1.29, 1.82) is 0 Å². The van der Waals surface area contributed by atoms with Gasteiger partial charge in [-0.15, -0.1) is 16.4 Å². The number of tetrazole rings is 1. The van der Waals surface area contributed by atoms with Gasteiger partial charge in [0.25, 0.3) is 0 Å². The Morgan fingerprint density at radius 2 is 2.32 bits per heavy atom. The van der Waals surface area contributed by atoms with E-state index in [1.165, 1.54) is 9.75 Å². The van der Waals surface area contributed by atoms with Crippen LogP contribution in [0.25, 0.3) is 0 Å². The third-order valence-corrected chi connectivity index (χ3v) is 4.04. The zero-order valence-electron chi connectivity index (χ0n) is 11.5. The van der Waals surface area contributed by atoms with Gasteiger partial charge in [-0.1, -0.05) is 0 Å². The lowest BCUT2D eigenvalue weighted by Crippen LogP contribution is -2.22. The average molecular weight is 281 g/mol. The molecule has 0 aliphatic carbocycles. The van der Waals surface area contributed by atoms with Gasteiger partial charge in [0.1, 0.15) is 0 Å². The first kappa shape index (κ1) is 14.1. The summed E-state index contributed by atoms with van der Waals surface area (Å²) in [6.45, 7) is 6.33. The van der Waals surface area contributed by atoms with Gasteiger partial charge in [-0.05, 0) is 36.4 Å². The van der Waals surface area contributed by atoms with E-state index in [0.29, 0.717) is 13.2 Å². The Morgan fingerprint density at radius 3 is 3.00 bits per heavy atom. The molecule has 0 saturated heterocycles. The fourth-order valence-corrected chi connectivity index (χ4v) is 2.72. The number of nitrogens with zero attached hydrogens (tertiary/aromatic N) is 4. The molecule has 0 aromatic carbocycles. The number of hydrogen-bond acceptors (Lipinski definition) is 6. The molecular formula is C12H19N5OS. The molecule has 2 aromatic rings. The maximum atomic E-state index is 4.99. The Kier molecular flexibility index (Phi) is 5.00. The summed E-state index contributed by atoms with van der Waals surface area (Å²) >= 11 is 1.78. The van der Waals surface area contributed by atoms with Crippen LogP contribution in [0.4, 0.5) is 0 Å². The summed E-state index contributed by atoms with van der Waals surface area (Å²) < 4.78 is 6.86. The van der Waals surface area contributed by atoms with Gasteiger partial charge in [-0.2, -0.15) is 0 Å². The first-order valence-corrected chi connectivity index (χ1v) is 7.06. The lowest BCUT2D eigenvalue weighted by molar-refractivity contribution is 0.198. The minimum absolute atomic E-state index is 0.160. The zero-order valence-corrected chi connectivity index (χ0v) is 12.3. The summed E-state index contributed by atoms with van der Waals surface area (Å²) in [6.07, 6.45) is 0. The van der Waals surface area contributed by atoms with Crippen LogP contribution in [-0.4, -0.2) is 40.5 Å². The normalized spacial score (nSPS) is 12.8. The zero-order chi connectivity index (χ0) is 13.7. The van der Waals surface area contributed by atoms with E-state index in [1.807, 2.05) is 4.68 Å². The van der Waals surface area contributed by atoms with Crippen molar-refractivity contribution in [1.82, 2.24) is 25.5 Å². The second-order valence-corrected chi connectivity index (χ2v) is 5.65. The maximum Gasteiger partial charge on any atom is 0.165 e. The van der Waals surface area contributed by atoms with E-state index >= 15 is 0 Å².